The molecule has 0 aliphatic heterocycles. The molecular weight excluding hydrogens is 342 g/mol. The van der Waals surface area contributed by atoms with E-state index in [1.807, 2.05) is 49.0 Å². The maximum absolute atomic E-state index is 12.8. The Morgan fingerprint density at radius 2 is 1.89 bits per heavy atom. The molecule has 0 saturated heterocycles. The van der Waals surface area contributed by atoms with Gasteiger partial charge in [0.25, 0.3) is 0 Å². The first-order valence-electron chi connectivity index (χ1n) is 9.84. The van der Waals surface area contributed by atoms with Gasteiger partial charge in [-0.05, 0) is 36.6 Å². The second-order valence-electron chi connectivity index (χ2n) is 7.39. The Morgan fingerprint density at radius 1 is 1.19 bits per heavy atom. The lowest BCUT2D eigenvalue weighted by atomic mass is 9.93. The largest absolute Gasteiger partial charge is 0.377 e. The summed E-state index contributed by atoms with van der Waals surface area (Å²) in [6.45, 7) is 2.45. The topological polar surface area (TPSA) is 61.9 Å². The number of nitrogens with zero attached hydrogens (tertiary/aromatic N) is 2. The number of hydrogen-bond acceptors (Lipinski definition) is 4. The van der Waals surface area contributed by atoms with E-state index in [2.05, 4.69) is 5.32 Å². The number of nitrogens with one attached hydrogen (secondary N) is 1. The average Bonchev–Trinajstić information content (AvgIpc) is 2.66. The number of amides is 2. The maximum Gasteiger partial charge on any atom is 0.249 e. The van der Waals surface area contributed by atoms with E-state index in [4.69, 9.17) is 4.74 Å². The molecule has 150 valence electrons. The molecule has 6 heteroatoms. The molecule has 1 aliphatic rings. The van der Waals surface area contributed by atoms with Gasteiger partial charge >= 0.3 is 0 Å². The zero-order valence-corrected chi connectivity index (χ0v) is 17.1. The molecule has 0 atom stereocenters. The second-order valence-corrected chi connectivity index (χ2v) is 7.39. The summed E-state index contributed by atoms with van der Waals surface area (Å²) in [5, 5.41) is 2.92. The summed E-state index contributed by atoms with van der Waals surface area (Å²) >= 11 is 0. The van der Waals surface area contributed by atoms with E-state index in [1.165, 1.54) is 6.42 Å². The standard InChI is InChI=1S/C21H33N3O3/c1-5-20(25)22-17-11-12-19(23(2)3)16(13-17)14-24(21(26)15-27-4)18-9-7-6-8-10-18/h11-13,18H,5-10,14-15H2,1-4H3,(H,22,25). The Hall–Kier alpha value is -2.08. The molecule has 1 aliphatic carbocycles. The van der Waals surface area contributed by atoms with E-state index in [0.29, 0.717) is 13.0 Å². The molecular formula is C21H33N3O3. The number of anilines is 2. The third-order valence-corrected chi connectivity index (χ3v) is 5.11. The van der Waals surface area contributed by atoms with Crippen LogP contribution in [0, 0.1) is 0 Å². The van der Waals surface area contributed by atoms with Crippen LogP contribution >= 0.6 is 0 Å². The number of methoxy groups -OCH3 is 1. The number of benzene rings is 1. The van der Waals surface area contributed by atoms with Crippen LogP contribution in [0.25, 0.3) is 0 Å². The van der Waals surface area contributed by atoms with Crippen LogP contribution in [0.2, 0.25) is 0 Å². The number of carbonyl (C=O) groups excluding carboxylic acids is 2. The first-order chi connectivity index (χ1) is 13.0. The molecule has 0 spiro atoms. The van der Waals surface area contributed by atoms with Crippen molar-refractivity contribution in [1.29, 1.82) is 0 Å². The quantitative estimate of drug-likeness (QED) is 0.756. The minimum atomic E-state index is -0.0156. The van der Waals surface area contributed by atoms with E-state index < -0.39 is 0 Å². The number of hydrogen-bond donors (Lipinski definition) is 1. The second kappa shape index (κ2) is 10.3. The average molecular weight is 376 g/mol. The van der Waals surface area contributed by atoms with Gasteiger partial charge < -0.3 is 19.9 Å². The summed E-state index contributed by atoms with van der Waals surface area (Å²) in [6, 6.07) is 6.15. The Balaban J connectivity index is 2.31. The smallest absolute Gasteiger partial charge is 0.249 e. The van der Waals surface area contributed by atoms with Crippen molar-refractivity contribution in [2.24, 2.45) is 0 Å². The van der Waals surface area contributed by atoms with Crippen molar-refractivity contribution in [3.63, 3.8) is 0 Å². The molecule has 1 aromatic rings. The van der Waals surface area contributed by atoms with Crippen molar-refractivity contribution < 1.29 is 14.3 Å². The van der Waals surface area contributed by atoms with Gasteiger partial charge in [0.2, 0.25) is 11.8 Å². The summed E-state index contributed by atoms with van der Waals surface area (Å²) in [4.78, 5) is 28.5. The molecule has 1 aromatic carbocycles. The van der Waals surface area contributed by atoms with Crippen LogP contribution in [-0.2, 0) is 20.9 Å². The Morgan fingerprint density at radius 3 is 2.48 bits per heavy atom. The molecule has 1 N–H and O–H groups in total. The molecule has 1 fully saturated rings. The van der Waals surface area contributed by atoms with Gasteiger partial charge in [-0.3, -0.25) is 9.59 Å². The van der Waals surface area contributed by atoms with Crippen molar-refractivity contribution in [3.05, 3.63) is 23.8 Å². The summed E-state index contributed by atoms with van der Waals surface area (Å²) in [6.07, 6.45) is 6.08. The fourth-order valence-corrected chi connectivity index (χ4v) is 3.68. The molecule has 0 unspecified atom stereocenters. The SMILES string of the molecule is CCC(=O)Nc1ccc(N(C)C)c(CN(C(=O)COC)C2CCCCC2)c1. The van der Waals surface area contributed by atoms with Crippen molar-refractivity contribution in [2.45, 2.75) is 58.0 Å². The third kappa shape index (κ3) is 5.96. The van der Waals surface area contributed by atoms with E-state index in [1.54, 1.807) is 7.11 Å². The summed E-state index contributed by atoms with van der Waals surface area (Å²) in [7, 11) is 5.54. The molecule has 1 saturated carbocycles. The predicted octanol–water partition coefficient (Wildman–Crippen LogP) is 3.41. The zero-order valence-electron chi connectivity index (χ0n) is 17.1. The minimum Gasteiger partial charge on any atom is -0.377 e. The normalized spacial score (nSPS) is 14.7. The number of ether oxygens (including phenoxy) is 1. The molecule has 6 nitrogen and oxygen atoms in total. The maximum atomic E-state index is 12.8. The highest BCUT2D eigenvalue weighted by atomic mass is 16.5. The van der Waals surface area contributed by atoms with Crippen molar-refractivity contribution in [3.8, 4) is 0 Å². The molecule has 0 aromatic heterocycles. The highest BCUT2D eigenvalue weighted by molar-refractivity contribution is 5.91. The zero-order chi connectivity index (χ0) is 19.8. The summed E-state index contributed by atoms with van der Waals surface area (Å²) in [5.74, 6) is 0.00949. The summed E-state index contributed by atoms with van der Waals surface area (Å²) < 4.78 is 5.12. The van der Waals surface area contributed by atoms with Crippen LogP contribution in [0.4, 0.5) is 11.4 Å². The first-order valence-corrected chi connectivity index (χ1v) is 9.84. The van der Waals surface area contributed by atoms with Crippen LogP contribution in [0.15, 0.2) is 18.2 Å². The first kappa shape index (κ1) is 21.2. The van der Waals surface area contributed by atoms with E-state index >= 15 is 0 Å². The van der Waals surface area contributed by atoms with Crippen LogP contribution in [0.5, 0.6) is 0 Å². The number of rotatable bonds is 8. The highest BCUT2D eigenvalue weighted by Crippen LogP contribution is 2.29. The predicted molar refractivity (Wildman–Crippen MR) is 109 cm³/mol. The van der Waals surface area contributed by atoms with Crippen molar-refractivity contribution in [2.75, 3.05) is 38.0 Å². The monoisotopic (exact) mass is 375 g/mol. The molecule has 2 rings (SSSR count). The van der Waals surface area contributed by atoms with Crippen molar-refractivity contribution in [1.82, 2.24) is 4.90 Å². The Bertz CT molecular complexity index is 640. The van der Waals surface area contributed by atoms with Crippen molar-refractivity contribution >= 4 is 23.2 Å². The molecule has 27 heavy (non-hydrogen) atoms. The summed E-state index contributed by atoms with van der Waals surface area (Å²) in [5.41, 5.74) is 2.85. The fraction of sp³-hybridized carbons (Fsp3) is 0.619. The van der Waals surface area contributed by atoms with Gasteiger partial charge in [-0.1, -0.05) is 26.2 Å². The highest BCUT2D eigenvalue weighted by Gasteiger charge is 2.26. The van der Waals surface area contributed by atoms with Gasteiger partial charge in [-0.2, -0.15) is 0 Å². The van der Waals surface area contributed by atoms with E-state index in [-0.39, 0.29) is 24.5 Å². The lowest BCUT2D eigenvalue weighted by Crippen LogP contribution is -2.42. The van der Waals surface area contributed by atoms with Gasteiger partial charge in [0, 0.05) is 51.6 Å². The van der Waals surface area contributed by atoms with Gasteiger partial charge in [0.15, 0.2) is 0 Å². The number of carbonyl (C=O) groups is 2. The van der Waals surface area contributed by atoms with Crippen LogP contribution in [-0.4, -0.2) is 50.6 Å². The fourth-order valence-electron chi connectivity index (χ4n) is 3.68. The van der Waals surface area contributed by atoms with Gasteiger partial charge in [0.1, 0.15) is 6.61 Å². The van der Waals surface area contributed by atoms with E-state index in [0.717, 1.165) is 42.6 Å². The minimum absolute atomic E-state index is 0.0156. The third-order valence-electron chi connectivity index (χ3n) is 5.11. The lowest BCUT2D eigenvalue weighted by molar-refractivity contribution is -0.139. The molecule has 0 heterocycles. The Kier molecular flexibility index (Phi) is 8.10. The van der Waals surface area contributed by atoms with Crippen LogP contribution in [0.1, 0.15) is 51.0 Å². The van der Waals surface area contributed by atoms with Crippen LogP contribution < -0.4 is 10.2 Å². The Labute approximate surface area is 162 Å². The van der Waals surface area contributed by atoms with E-state index in [9.17, 15) is 9.59 Å². The van der Waals surface area contributed by atoms with Crippen LogP contribution in [0.3, 0.4) is 0 Å². The molecule has 0 bridgehead atoms. The van der Waals surface area contributed by atoms with Gasteiger partial charge in [0.05, 0.1) is 0 Å². The lowest BCUT2D eigenvalue weighted by Gasteiger charge is -2.35. The van der Waals surface area contributed by atoms with Gasteiger partial charge in [-0.15, -0.1) is 0 Å². The molecule has 2 amide bonds. The molecule has 0 radical (unpaired) electrons. The van der Waals surface area contributed by atoms with Gasteiger partial charge in [-0.25, -0.2) is 0 Å².